The zero-order valence-electron chi connectivity index (χ0n) is 16.8. The molecule has 1 aliphatic heterocycles. The SMILES string of the molecule is CCNC(=NCCCN1CCCN(C)CC1)N(C)Cc1ccc(Cl)c(Cl)c1. The van der Waals surface area contributed by atoms with Crippen molar-refractivity contribution < 1.29 is 0 Å². The Bertz CT molecular complexity index is 608. The van der Waals surface area contributed by atoms with E-state index in [-0.39, 0.29) is 0 Å². The molecule has 0 atom stereocenters. The van der Waals surface area contributed by atoms with Gasteiger partial charge in [-0.05, 0) is 64.1 Å². The molecule has 0 aromatic heterocycles. The lowest BCUT2D eigenvalue weighted by atomic mass is 10.2. The highest BCUT2D eigenvalue weighted by atomic mass is 35.5. The Labute approximate surface area is 174 Å². The van der Waals surface area contributed by atoms with E-state index in [2.05, 4.69) is 41.0 Å². The Balaban J connectivity index is 1.84. The lowest BCUT2D eigenvalue weighted by Gasteiger charge is -2.23. The predicted octanol–water partition coefficient (Wildman–Crippen LogP) is 3.42. The van der Waals surface area contributed by atoms with E-state index in [1.807, 2.05) is 18.2 Å². The van der Waals surface area contributed by atoms with Crippen LogP contribution in [-0.2, 0) is 6.54 Å². The highest BCUT2D eigenvalue weighted by Crippen LogP contribution is 2.23. The van der Waals surface area contributed by atoms with Gasteiger partial charge in [0.05, 0.1) is 10.0 Å². The van der Waals surface area contributed by atoms with Gasteiger partial charge in [-0.15, -0.1) is 0 Å². The first-order valence-electron chi connectivity index (χ1n) is 9.84. The van der Waals surface area contributed by atoms with Crippen LogP contribution in [-0.4, -0.2) is 80.6 Å². The average molecular weight is 414 g/mol. The van der Waals surface area contributed by atoms with Crippen LogP contribution in [0.25, 0.3) is 0 Å². The second-order valence-corrected chi connectivity index (χ2v) is 8.01. The van der Waals surface area contributed by atoms with Gasteiger partial charge in [0.15, 0.2) is 5.96 Å². The van der Waals surface area contributed by atoms with Crippen LogP contribution in [0.5, 0.6) is 0 Å². The number of aliphatic imine (C=N–C) groups is 1. The first kappa shape index (κ1) is 22.3. The van der Waals surface area contributed by atoms with E-state index in [1.54, 1.807) is 0 Å². The van der Waals surface area contributed by atoms with Crippen molar-refractivity contribution in [2.24, 2.45) is 4.99 Å². The number of hydrogen-bond donors (Lipinski definition) is 1. The van der Waals surface area contributed by atoms with Crippen LogP contribution in [0.1, 0.15) is 25.3 Å². The lowest BCUT2D eigenvalue weighted by molar-refractivity contribution is 0.275. The van der Waals surface area contributed by atoms with Crippen molar-refractivity contribution in [2.45, 2.75) is 26.3 Å². The monoisotopic (exact) mass is 413 g/mol. The number of benzene rings is 1. The van der Waals surface area contributed by atoms with Crippen molar-refractivity contribution in [1.29, 1.82) is 0 Å². The summed E-state index contributed by atoms with van der Waals surface area (Å²) in [5.74, 6) is 0.930. The summed E-state index contributed by atoms with van der Waals surface area (Å²) >= 11 is 12.1. The van der Waals surface area contributed by atoms with Crippen LogP contribution < -0.4 is 5.32 Å². The number of guanidine groups is 1. The molecule has 1 fully saturated rings. The molecule has 5 nitrogen and oxygen atoms in total. The van der Waals surface area contributed by atoms with Gasteiger partial charge in [0.2, 0.25) is 0 Å². The van der Waals surface area contributed by atoms with Gasteiger partial charge in [0, 0.05) is 39.8 Å². The van der Waals surface area contributed by atoms with Crippen LogP contribution in [0, 0.1) is 0 Å². The standard InChI is InChI=1S/C20H33Cl2N5/c1-4-23-20(26(3)16-17-7-8-18(21)19(22)15-17)24-9-5-11-27-12-6-10-25(2)13-14-27/h7-8,15H,4-6,9-14,16H2,1-3H3,(H,23,24). The minimum absolute atomic E-state index is 0.586. The third-order valence-electron chi connectivity index (χ3n) is 4.81. The van der Waals surface area contributed by atoms with Crippen molar-refractivity contribution >= 4 is 29.2 Å². The van der Waals surface area contributed by atoms with Crippen molar-refractivity contribution in [1.82, 2.24) is 20.0 Å². The molecule has 0 saturated carbocycles. The number of hydrogen-bond acceptors (Lipinski definition) is 3. The van der Waals surface area contributed by atoms with E-state index in [0.717, 1.165) is 57.2 Å². The summed E-state index contributed by atoms with van der Waals surface area (Å²) in [4.78, 5) is 11.9. The molecule has 27 heavy (non-hydrogen) atoms. The summed E-state index contributed by atoms with van der Waals surface area (Å²) in [5, 5.41) is 4.56. The van der Waals surface area contributed by atoms with Gasteiger partial charge in [0.1, 0.15) is 0 Å². The molecule has 0 aliphatic carbocycles. The topological polar surface area (TPSA) is 34.1 Å². The van der Waals surface area contributed by atoms with E-state index in [0.29, 0.717) is 10.0 Å². The highest BCUT2D eigenvalue weighted by molar-refractivity contribution is 6.42. The zero-order chi connectivity index (χ0) is 19.6. The number of nitrogens with zero attached hydrogens (tertiary/aromatic N) is 4. The fourth-order valence-electron chi connectivity index (χ4n) is 3.26. The third-order valence-corrected chi connectivity index (χ3v) is 5.55. The molecule has 1 aliphatic rings. The Morgan fingerprint density at radius 2 is 2.00 bits per heavy atom. The van der Waals surface area contributed by atoms with Crippen molar-refractivity contribution in [2.75, 3.05) is 59.9 Å². The van der Waals surface area contributed by atoms with Gasteiger partial charge in [-0.1, -0.05) is 29.3 Å². The Morgan fingerprint density at radius 1 is 1.19 bits per heavy atom. The van der Waals surface area contributed by atoms with Crippen molar-refractivity contribution in [3.63, 3.8) is 0 Å². The molecule has 1 saturated heterocycles. The van der Waals surface area contributed by atoms with Crippen LogP contribution in [0.2, 0.25) is 10.0 Å². The molecule has 2 rings (SSSR count). The Morgan fingerprint density at radius 3 is 2.74 bits per heavy atom. The van der Waals surface area contributed by atoms with E-state index >= 15 is 0 Å². The van der Waals surface area contributed by atoms with Gasteiger partial charge in [-0.3, -0.25) is 4.99 Å². The number of halogens is 2. The second kappa shape index (κ2) is 11.7. The second-order valence-electron chi connectivity index (χ2n) is 7.19. The van der Waals surface area contributed by atoms with Crippen LogP contribution in [0.3, 0.4) is 0 Å². The molecule has 0 radical (unpaired) electrons. The predicted molar refractivity (Wildman–Crippen MR) is 117 cm³/mol. The van der Waals surface area contributed by atoms with Gasteiger partial charge in [-0.25, -0.2) is 0 Å². The molecule has 1 heterocycles. The first-order chi connectivity index (χ1) is 13.0. The third kappa shape index (κ3) is 7.86. The maximum atomic E-state index is 6.13. The molecular formula is C20H33Cl2N5. The van der Waals surface area contributed by atoms with Crippen LogP contribution in [0.4, 0.5) is 0 Å². The van der Waals surface area contributed by atoms with Gasteiger partial charge >= 0.3 is 0 Å². The summed E-state index contributed by atoms with van der Waals surface area (Å²) in [6, 6.07) is 5.76. The molecule has 0 bridgehead atoms. The molecule has 0 unspecified atom stereocenters. The normalized spacial score (nSPS) is 17.0. The van der Waals surface area contributed by atoms with Gasteiger partial charge < -0.3 is 20.0 Å². The van der Waals surface area contributed by atoms with Gasteiger partial charge in [-0.2, -0.15) is 0 Å². The Hall–Kier alpha value is -1.01. The van der Waals surface area contributed by atoms with E-state index in [4.69, 9.17) is 28.2 Å². The molecule has 0 amide bonds. The molecule has 152 valence electrons. The summed E-state index contributed by atoms with van der Waals surface area (Å²) in [7, 11) is 4.26. The molecule has 1 N–H and O–H groups in total. The van der Waals surface area contributed by atoms with Crippen molar-refractivity contribution in [3.8, 4) is 0 Å². The number of nitrogens with one attached hydrogen (secondary N) is 1. The van der Waals surface area contributed by atoms with Gasteiger partial charge in [0.25, 0.3) is 0 Å². The summed E-state index contributed by atoms with van der Waals surface area (Å²) in [6.45, 7) is 10.4. The average Bonchev–Trinajstić information content (AvgIpc) is 2.85. The van der Waals surface area contributed by atoms with Crippen molar-refractivity contribution in [3.05, 3.63) is 33.8 Å². The minimum atomic E-state index is 0.586. The highest BCUT2D eigenvalue weighted by Gasteiger charge is 2.12. The Kier molecular flexibility index (Phi) is 9.69. The zero-order valence-corrected chi connectivity index (χ0v) is 18.4. The maximum absolute atomic E-state index is 6.13. The number of likely N-dealkylation sites (N-methyl/N-ethyl adjacent to an activating group) is 1. The fourth-order valence-corrected chi connectivity index (χ4v) is 3.58. The van der Waals surface area contributed by atoms with Crippen LogP contribution >= 0.6 is 23.2 Å². The minimum Gasteiger partial charge on any atom is -0.357 e. The quantitative estimate of drug-likeness (QED) is 0.421. The molecule has 1 aromatic carbocycles. The summed E-state index contributed by atoms with van der Waals surface area (Å²) in [5.41, 5.74) is 1.12. The smallest absolute Gasteiger partial charge is 0.193 e. The fraction of sp³-hybridized carbons (Fsp3) is 0.650. The van der Waals surface area contributed by atoms with Crippen LogP contribution in [0.15, 0.2) is 23.2 Å². The first-order valence-corrected chi connectivity index (χ1v) is 10.6. The molecule has 1 aromatic rings. The molecule has 0 spiro atoms. The lowest BCUT2D eigenvalue weighted by Crippen LogP contribution is -2.38. The largest absolute Gasteiger partial charge is 0.357 e. The van der Waals surface area contributed by atoms with E-state index < -0.39 is 0 Å². The number of rotatable bonds is 7. The molecular weight excluding hydrogens is 381 g/mol. The van der Waals surface area contributed by atoms with E-state index in [9.17, 15) is 0 Å². The maximum Gasteiger partial charge on any atom is 0.193 e. The molecule has 7 heteroatoms. The van der Waals surface area contributed by atoms with E-state index in [1.165, 1.54) is 19.5 Å². The summed E-state index contributed by atoms with van der Waals surface area (Å²) < 4.78 is 0. The summed E-state index contributed by atoms with van der Waals surface area (Å²) in [6.07, 6.45) is 2.34.